The molecule has 0 aliphatic carbocycles. The van der Waals surface area contributed by atoms with Crippen LogP contribution >= 0.6 is 0 Å². The minimum Gasteiger partial charge on any atom is -0.486 e. The lowest BCUT2D eigenvalue weighted by atomic mass is 10.0. The largest absolute Gasteiger partial charge is 0.486 e. The van der Waals surface area contributed by atoms with Crippen molar-refractivity contribution in [2.24, 2.45) is 11.7 Å². The Morgan fingerprint density at radius 1 is 1.29 bits per heavy atom. The second kappa shape index (κ2) is 6.25. The van der Waals surface area contributed by atoms with E-state index in [1.165, 1.54) is 0 Å². The van der Waals surface area contributed by atoms with E-state index in [1.54, 1.807) is 24.3 Å². The van der Waals surface area contributed by atoms with Crippen LogP contribution in [0, 0.1) is 5.92 Å². The molecule has 1 atom stereocenters. The summed E-state index contributed by atoms with van der Waals surface area (Å²) in [6, 6.07) is 6.48. The van der Waals surface area contributed by atoms with Crippen LogP contribution in [0.25, 0.3) is 0 Å². The summed E-state index contributed by atoms with van der Waals surface area (Å²) in [5, 5.41) is 0. The molecule has 1 aromatic rings. The van der Waals surface area contributed by atoms with Gasteiger partial charge in [-0.15, -0.1) is 0 Å². The van der Waals surface area contributed by atoms with Crippen LogP contribution in [0.4, 0.5) is 5.69 Å². The molecule has 0 unspecified atom stereocenters. The zero-order valence-electron chi connectivity index (χ0n) is 10.3. The molecular weight excluding hydrogens is 216 g/mol. The van der Waals surface area contributed by atoms with Crippen LogP contribution in [0.2, 0.25) is 0 Å². The van der Waals surface area contributed by atoms with Gasteiger partial charge in [0.2, 0.25) is 0 Å². The van der Waals surface area contributed by atoms with Gasteiger partial charge in [-0.2, -0.15) is 0 Å². The summed E-state index contributed by atoms with van der Waals surface area (Å²) in [5.74, 6) is 0.963. The summed E-state index contributed by atoms with van der Waals surface area (Å²) in [5.41, 5.74) is 12.0. The zero-order chi connectivity index (χ0) is 12.8. The predicted octanol–water partition coefficient (Wildman–Crippen LogP) is 1.59. The van der Waals surface area contributed by atoms with Crippen molar-refractivity contribution in [3.63, 3.8) is 0 Å². The molecule has 0 heterocycles. The minimum absolute atomic E-state index is 0.0117. The molecule has 94 valence electrons. The number of rotatable bonds is 6. The fraction of sp³-hybridized carbons (Fsp3) is 0.462. The van der Waals surface area contributed by atoms with Crippen molar-refractivity contribution in [3.05, 3.63) is 24.3 Å². The number of hydrogen-bond acceptors (Lipinski definition) is 4. The normalized spacial score (nSPS) is 12.5. The van der Waals surface area contributed by atoms with Gasteiger partial charge in [0.15, 0.2) is 5.78 Å². The SMILES string of the molecule is CC(C)C[C@H](N)C(=O)COc1ccc(N)cc1. The van der Waals surface area contributed by atoms with Gasteiger partial charge in [-0.3, -0.25) is 4.79 Å². The first-order chi connectivity index (χ1) is 7.99. The number of nitrogens with two attached hydrogens (primary N) is 2. The van der Waals surface area contributed by atoms with E-state index in [2.05, 4.69) is 0 Å². The molecule has 0 aliphatic heterocycles. The molecule has 0 amide bonds. The lowest BCUT2D eigenvalue weighted by molar-refractivity contribution is -0.122. The van der Waals surface area contributed by atoms with Crippen LogP contribution in [-0.4, -0.2) is 18.4 Å². The molecule has 1 aromatic carbocycles. The van der Waals surface area contributed by atoms with Crippen LogP contribution in [0.5, 0.6) is 5.75 Å². The predicted molar refractivity (Wildman–Crippen MR) is 68.8 cm³/mol. The molecule has 0 spiro atoms. The van der Waals surface area contributed by atoms with Gasteiger partial charge in [0, 0.05) is 5.69 Å². The third-order valence-electron chi connectivity index (χ3n) is 2.40. The molecule has 17 heavy (non-hydrogen) atoms. The van der Waals surface area contributed by atoms with Crippen LogP contribution < -0.4 is 16.2 Å². The van der Waals surface area contributed by atoms with E-state index >= 15 is 0 Å². The van der Waals surface area contributed by atoms with E-state index in [-0.39, 0.29) is 12.4 Å². The monoisotopic (exact) mass is 236 g/mol. The van der Waals surface area contributed by atoms with Crippen molar-refractivity contribution >= 4 is 11.5 Å². The highest BCUT2D eigenvalue weighted by Gasteiger charge is 2.15. The van der Waals surface area contributed by atoms with E-state index in [4.69, 9.17) is 16.2 Å². The standard InChI is InChI=1S/C13H20N2O2/c1-9(2)7-12(15)13(16)8-17-11-5-3-10(14)4-6-11/h3-6,9,12H,7-8,14-15H2,1-2H3/t12-/m0/s1. The van der Waals surface area contributed by atoms with Crippen molar-refractivity contribution < 1.29 is 9.53 Å². The molecule has 0 bridgehead atoms. The highest BCUT2D eigenvalue weighted by molar-refractivity contribution is 5.85. The van der Waals surface area contributed by atoms with Crippen LogP contribution in [0.15, 0.2) is 24.3 Å². The van der Waals surface area contributed by atoms with Gasteiger partial charge in [0.1, 0.15) is 12.4 Å². The summed E-state index contributed by atoms with van der Waals surface area (Å²) in [6.45, 7) is 4.08. The number of ether oxygens (including phenoxy) is 1. The van der Waals surface area contributed by atoms with E-state index in [1.807, 2.05) is 13.8 Å². The highest BCUT2D eigenvalue weighted by atomic mass is 16.5. The molecular formula is C13H20N2O2. The lowest BCUT2D eigenvalue weighted by Crippen LogP contribution is -2.35. The van der Waals surface area contributed by atoms with Crippen molar-refractivity contribution in [3.8, 4) is 5.75 Å². The fourth-order valence-electron chi connectivity index (χ4n) is 1.46. The molecule has 0 saturated heterocycles. The Morgan fingerprint density at radius 3 is 2.41 bits per heavy atom. The summed E-state index contributed by atoms with van der Waals surface area (Å²) in [6.07, 6.45) is 0.684. The maximum atomic E-state index is 11.6. The second-order valence-corrected chi connectivity index (χ2v) is 4.56. The molecule has 0 aliphatic rings. The molecule has 1 rings (SSSR count). The van der Waals surface area contributed by atoms with Gasteiger partial charge >= 0.3 is 0 Å². The number of ketones is 1. The van der Waals surface area contributed by atoms with Gasteiger partial charge in [-0.25, -0.2) is 0 Å². The second-order valence-electron chi connectivity index (χ2n) is 4.56. The lowest BCUT2D eigenvalue weighted by Gasteiger charge is -2.13. The number of nitrogen functional groups attached to an aromatic ring is 1. The number of carbonyl (C=O) groups is 1. The molecule has 0 fully saturated rings. The summed E-state index contributed by atoms with van der Waals surface area (Å²) in [4.78, 5) is 11.6. The number of Topliss-reactive ketones (excluding diaryl/α,β-unsaturated/α-hetero) is 1. The minimum atomic E-state index is -0.441. The van der Waals surface area contributed by atoms with E-state index in [9.17, 15) is 4.79 Å². The van der Waals surface area contributed by atoms with Crippen LogP contribution in [-0.2, 0) is 4.79 Å². The van der Waals surface area contributed by atoms with Crippen LogP contribution in [0.1, 0.15) is 20.3 Å². The number of carbonyl (C=O) groups excluding carboxylic acids is 1. The Hall–Kier alpha value is -1.55. The third-order valence-corrected chi connectivity index (χ3v) is 2.40. The summed E-state index contributed by atoms with van der Waals surface area (Å²) in [7, 11) is 0. The van der Waals surface area contributed by atoms with Gasteiger partial charge in [0.05, 0.1) is 6.04 Å². The van der Waals surface area contributed by atoms with Crippen molar-refractivity contribution in [1.29, 1.82) is 0 Å². The average molecular weight is 236 g/mol. The van der Waals surface area contributed by atoms with Gasteiger partial charge in [-0.1, -0.05) is 13.8 Å². The molecule has 0 radical (unpaired) electrons. The summed E-state index contributed by atoms with van der Waals surface area (Å²) < 4.78 is 5.34. The summed E-state index contributed by atoms with van der Waals surface area (Å²) >= 11 is 0. The van der Waals surface area contributed by atoms with Gasteiger partial charge in [0.25, 0.3) is 0 Å². The van der Waals surface area contributed by atoms with Crippen molar-refractivity contribution in [2.75, 3.05) is 12.3 Å². The van der Waals surface area contributed by atoms with Crippen molar-refractivity contribution in [1.82, 2.24) is 0 Å². The van der Waals surface area contributed by atoms with Gasteiger partial charge in [-0.05, 0) is 36.6 Å². The van der Waals surface area contributed by atoms with E-state index in [0.717, 1.165) is 0 Å². The third kappa shape index (κ3) is 4.87. The Kier molecular flexibility index (Phi) is 4.97. The highest BCUT2D eigenvalue weighted by Crippen LogP contribution is 2.13. The molecule has 0 aromatic heterocycles. The maximum absolute atomic E-state index is 11.6. The first-order valence-corrected chi connectivity index (χ1v) is 5.75. The Morgan fingerprint density at radius 2 is 1.88 bits per heavy atom. The van der Waals surface area contributed by atoms with Gasteiger partial charge < -0.3 is 16.2 Å². The zero-order valence-corrected chi connectivity index (χ0v) is 10.3. The topological polar surface area (TPSA) is 78.3 Å². The first-order valence-electron chi connectivity index (χ1n) is 5.75. The number of benzene rings is 1. The van der Waals surface area contributed by atoms with E-state index < -0.39 is 6.04 Å². The molecule has 4 nitrogen and oxygen atoms in total. The quantitative estimate of drug-likeness (QED) is 0.735. The van der Waals surface area contributed by atoms with E-state index in [0.29, 0.717) is 23.8 Å². The number of hydrogen-bond donors (Lipinski definition) is 2. The average Bonchev–Trinajstić information content (AvgIpc) is 2.27. The number of anilines is 1. The Bertz CT molecular complexity index is 360. The molecule has 4 N–H and O–H groups in total. The smallest absolute Gasteiger partial charge is 0.186 e. The first kappa shape index (κ1) is 13.5. The Balaban J connectivity index is 2.40. The molecule has 4 heteroatoms. The fourth-order valence-corrected chi connectivity index (χ4v) is 1.46. The maximum Gasteiger partial charge on any atom is 0.186 e. The Labute approximate surface area is 102 Å². The molecule has 0 saturated carbocycles. The van der Waals surface area contributed by atoms with Crippen LogP contribution in [0.3, 0.4) is 0 Å². The van der Waals surface area contributed by atoms with Crippen molar-refractivity contribution in [2.45, 2.75) is 26.3 Å².